The Hall–Kier alpha value is -2.81. The number of carbonyl (C=O) groups excluding carboxylic acids is 2. The van der Waals surface area contributed by atoms with E-state index >= 15 is 0 Å². The third kappa shape index (κ3) is 12.3. The lowest BCUT2D eigenvalue weighted by atomic mass is 10.1. The van der Waals surface area contributed by atoms with Crippen LogP contribution in [-0.2, 0) is 21.8 Å². The number of aliphatic imine (C=N–C) groups is 1. The first-order valence-electron chi connectivity index (χ1n) is 9.16. The number of nitrogen functional groups attached to an aromatic ring is 1. The Balaban J connectivity index is 0.000000619. The zero-order valence-corrected chi connectivity index (χ0v) is 21.8. The Kier molecular flexibility index (Phi) is 14.3. The summed E-state index contributed by atoms with van der Waals surface area (Å²) in [5, 5.41) is 1.13. The maximum atomic E-state index is 12.5. The number of benzene rings is 2. The molecule has 0 spiro atoms. The van der Waals surface area contributed by atoms with Gasteiger partial charge >= 0.3 is 24.3 Å². The van der Waals surface area contributed by atoms with E-state index in [2.05, 4.69) is 38.9 Å². The van der Waals surface area contributed by atoms with Gasteiger partial charge in [-0.05, 0) is 36.4 Å². The Bertz CT molecular complexity index is 1150. The molecule has 0 aliphatic rings. The molecule has 0 heterocycles. The summed E-state index contributed by atoms with van der Waals surface area (Å²) in [5.74, 6) is -1.53. The van der Waals surface area contributed by atoms with Gasteiger partial charge in [0.05, 0.1) is 42.2 Å². The topological polar surface area (TPSA) is 91.0 Å². The van der Waals surface area contributed by atoms with E-state index in [0.29, 0.717) is 6.07 Å². The van der Waals surface area contributed by atoms with E-state index in [0.717, 1.165) is 56.1 Å². The first kappa shape index (κ1) is 34.2. The van der Waals surface area contributed by atoms with Crippen LogP contribution in [0.2, 0.25) is 0 Å². The van der Waals surface area contributed by atoms with E-state index in [1.165, 1.54) is 0 Å². The first-order valence-corrected chi connectivity index (χ1v) is 10.8. The quantitative estimate of drug-likeness (QED) is 0.0996. The maximum absolute atomic E-state index is 12.5. The molecule has 0 aliphatic carbocycles. The minimum atomic E-state index is -4.50. The highest BCUT2D eigenvalue weighted by molar-refractivity contribution is 7.86. The Labute approximate surface area is 227 Å². The normalized spacial score (nSPS) is 10.9. The molecule has 0 fully saturated rings. The molecule has 0 saturated carbocycles. The summed E-state index contributed by atoms with van der Waals surface area (Å²) in [6.45, 7) is 0. The van der Waals surface area contributed by atoms with Gasteiger partial charge in [0, 0.05) is 17.3 Å². The van der Waals surface area contributed by atoms with Crippen LogP contribution in [0, 0.1) is 0 Å². The van der Waals surface area contributed by atoms with Gasteiger partial charge < -0.3 is 15.2 Å². The molecule has 2 N–H and O–H groups in total. The van der Waals surface area contributed by atoms with Crippen molar-refractivity contribution >= 4 is 86.3 Å². The number of ether oxygens (including phenoxy) is 2. The van der Waals surface area contributed by atoms with E-state index in [1.54, 1.807) is 0 Å². The predicted octanol–water partition coefficient (Wildman–Crippen LogP) is 7.02. The molecule has 202 valence electrons. The second-order valence-corrected chi connectivity index (χ2v) is 8.23. The fraction of sp³-hybridized carbons (Fsp3) is 0.190. The largest absolute Gasteiger partial charge is 0.465 e. The summed E-state index contributed by atoms with van der Waals surface area (Å²) >= 11 is 18.1. The number of rotatable bonds is 4. The third-order valence-electron chi connectivity index (χ3n) is 3.79. The van der Waals surface area contributed by atoms with Gasteiger partial charge in [0.25, 0.3) is 0 Å². The van der Waals surface area contributed by atoms with Crippen molar-refractivity contribution in [2.75, 3.05) is 20.0 Å². The molecule has 16 heteroatoms. The van der Waals surface area contributed by atoms with Crippen LogP contribution in [0.5, 0.6) is 0 Å². The number of nitrogens with two attached hydrogens (primary N) is 1. The van der Waals surface area contributed by atoms with Gasteiger partial charge in [-0.15, -0.1) is 0 Å². The van der Waals surface area contributed by atoms with E-state index < -0.39 is 35.4 Å². The van der Waals surface area contributed by atoms with Gasteiger partial charge in [0.15, 0.2) is 3.78 Å². The van der Waals surface area contributed by atoms with Crippen LogP contribution < -0.4 is 5.73 Å². The fourth-order valence-corrected chi connectivity index (χ4v) is 2.30. The molecule has 0 atom stereocenters. The zero-order chi connectivity index (χ0) is 29.0. The molecule has 0 bridgehead atoms. The monoisotopic (exact) mass is 608 g/mol. The number of hydrogen-bond acceptors (Lipinski definition) is 8. The van der Waals surface area contributed by atoms with Crippen molar-refractivity contribution in [3.05, 3.63) is 58.7 Å². The number of anilines is 1. The molecule has 0 amide bonds. The molecule has 0 saturated heterocycles. The highest BCUT2D eigenvalue weighted by Gasteiger charge is 2.32. The molecule has 2 rings (SSSR count). The van der Waals surface area contributed by atoms with Crippen molar-refractivity contribution in [2.45, 2.75) is 12.4 Å². The number of methoxy groups -OCH3 is 2. The highest BCUT2D eigenvalue weighted by atomic mass is 35.5. The van der Waals surface area contributed by atoms with Crippen molar-refractivity contribution < 1.29 is 45.4 Å². The molecule has 37 heavy (non-hydrogen) atoms. The van der Waals surface area contributed by atoms with Crippen molar-refractivity contribution in [1.29, 1.82) is 0 Å². The molecule has 0 aliphatic heterocycles. The fourth-order valence-electron chi connectivity index (χ4n) is 2.24. The number of alkyl halides is 6. The smallest absolute Gasteiger partial charge is 0.416 e. The second-order valence-electron chi connectivity index (χ2n) is 6.15. The second kappa shape index (κ2) is 15.4. The molecule has 2 aromatic carbocycles. The average molecular weight is 609 g/mol. The molecule has 0 aromatic heterocycles. The summed E-state index contributed by atoms with van der Waals surface area (Å²) in [6, 6.07) is 5.05. The third-order valence-corrected chi connectivity index (χ3v) is 3.91. The van der Waals surface area contributed by atoms with Crippen molar-refractivity contribution in [3.63, 3.8) is 0 Å². The van der Waals surface area contributed by atoms with Crippen LogP contribution in [0.1, 0.15) is 31.8 Å². The number of carbonyl (C=O) groups is 2. The van der Waals surface area contributed by atoms with Gasteiger partial charge in [-0.1, -0.05) is 47.6 Å². The molecular formula is C21H16Cl2F6N2O4S2. The standard InChI is InChI=1S/C11H8F3NO2S.C9H8F3NO2.CCl2S/c1-17-10(16)8-3-2-7(11(12,13)14)6-9(8)15-4-5-18;1-15-8(14)6-3-2-5(4-7(6)13)9(10,11)12;2-1(3)4/h2-6H,1H3;2-4H,13H2,1H3;. The minimum absolute atomic E-state index is 0.0556. The Morgan fingerprint density at radius 1 is 0.892 bits per heavy atom. The van der Waals surface area contributed by atoms with Gasteiger partial charge in [0.2, 0.25) is 0 Å². The summed E-state index contributed by atoms with van der Waals surface area (Å²) in [4.78, 5) is 26.0. The summed E-state index contributed by atoms with van der Waals surface area (Å²) in [7, 11) is 2.26. The zero-order valence-electron chi connectivity index (χ0n) is 18.6. The van der Waals surface area contributed by atoms with Gasteiger partial charge in [-0.3, -0.25) is 4.99 Å². The Morgan fingerprint density at radius 2 is 1.30 bits per heavy atom. The van der Waals surface area contributed by atoms with Crippen LogP contribution in [0.3, 0.4) is 0 Å². The van der Waals surface area contributed by atoms with Crippen LogP contribution in [0.25, 0.3) is 0 Å². The van der Waals surface area contributed by atoms with E-state index in [9.17, 15) is 35.9 Å². The minimum Gasteiger partial charge on any atom is -0.465 e. The first-order chi connectivity index (χ1) is 17.0. The van der Waals surface area contributed by atoms with Gasteiger partial charge in [-0.25, -0.2) is 9.59 Å². The van der Waals surface area contributed by atoms with Crippen LogP contribution in [-0.4, -0.2) is 41.5 Å². The molecular weight excluding hydrogens is 593 g/mol. The average Bonchev–Trinajstić information content (AvgIpc) is 2.80. The van der Waals surface area contributed by atoms with Gasteiger partial charge in [-0.2, -0.15) is 26.3 Å². The van der Waals surface area contributed by atoms with Crippen LogP contribution in [0.15, 0.2) is 41.4 Å². The highest BCUT2D eigenvalue weighted by Crippen LogP contribution is 2.33. The van der Waals surface area contributed by atoms with Crippen LogP contribution in [0.4, 0.5) is 37.7 Å². The molecule has 0 radical (unpaired) electrons. The molecule has 6 nitrogen and oxygen atoms in total. The van der Waals surface area contributed by atoms with Crippen molar-refractivity contribution in [1.82, 2.24) is 0 Å². The lowest BCUT2D eigenvalue weighted by molar-refractivity contribution is -0.138. The van der Waals surface area contributed by atoms with Crippen LogP contribution >= 0.6 is 47.6 Å². The summed E-state index contributed by atoms with van der Waals surface area (Å²) in [5.41, 5.74) is 2.97. The summed E-state index contributed by atoms with van der Waals surface area (Å²) in [6.07, 6.45) is -7.85. The number of halogens is 8. The molecule has 2 aromatic rings. The number of hydrogen-bond donors (Lipinski definition) is 1. The SMILES string of the molecule is COC(=O)c1ccc(C(F)(F)F)cc1N.COC(=O)c1ccc(C(F)(F)F)cc1N=CC=S.S=C(Cl)Cl. The predicted molar refractivity (Wildman–Crippen MR) is 136 cm³/mol. The van der Waals surface area contributed by atoms with E-state index in [1.807, 2.05) is 0 Å². The number of thiocarbonyl (C=S) groups is 2. The number of esters is 2. The molecule has 0 unspecified atom stereocenters. The summed E-state index contributed by atoms with van der Waals surface area (Å²) < 4.78 is 82.9. The lowest BCUT2D eigenvalue weighted by Gasteiger charge is -2.09. The lowest BCUT2D eigenvalue weighted by Crippen LogP contribution is -2.10. The van der Waals surface area contributed by atoms with Crippen molar-refractivity contribution in [3.8, 4) is 0 Å². The maximum Gasteiger partial charge on any atom is 0.416 e. The van der Waals surface area contributed by atoms with Crippen molar-refractivity contribution in [2.24, 2.45) is 4.99 Å². The van der Waals surface area contributed by atoms with E-state index in [-0.39, 0.29) is 26.3 Å². The van der Waals surface area contributed by atoms with Gasteiger partial charge in [0.1, 0.15) is 0 Å². The Morgan fingerprint density at radius 3 is 1.68 bits per heavy atom. The van der Waals surface area contributed by atoms with E-state index in [4.69, 9.17) is 28.9 Å². The number of nitrogens with zero attached hydrogens (tertiary/aromatic N) is 1.